The monoisotopic (exact) mass is 284 g/mol. The Balaban J connectivity index is 2.52. The SMILES string of the molecule is COc1ccc(Cl)c(NC(=O)CCC(C)CCN)c1. The normalized spacial score (nSPS) is 12.0. The van der Waals surface area contributed by atoms with Crippen molar-refractivity contribution >= 4 is 23.2 Å². The molecule has 0 radical (unpaired) electrons. The van der Waals surface area contributed by atoms with E-state index in [0.29, 0.717) is 35.3 Å². The molecule has 1 aromatic rings. The fraction of sp³-hybridized carbons (Fsp3) is 0.500. The summed E-state index contributed by atoms with van der Waals surface area (Å²) in [7, 11) is 1.57. The van der Waals surface area contributed by atoms with E-state index in [1.54, 1.807) is 25.3 Å². The Bertz CT molecular complexity index is 424. The summed E-state index contributed by atoms with van der Waals surface area (Å²) in [5.74, 6) is 1.08. The van der Waals surface area contributed by atoms with E-state index in [4.69, 9.17) is 22.1 Å². The maximum atomic E-state index is 11.8. The number of carbonyl (C=O) groups is 1. The highest BCUT2D eigenvalue weighted by Gasteiger charge is 2.09. The van der Waals surface area contributed by atoms with E-state index < -0.39 is 0 Å². The zero-order valence-electron chi connectivity index (χ0n) is 11.4. The predicted octanol–water partition coefficient (Wildman–Crippen LogP) is 3.05. The average Bonchev–Trinajstić information content (AvgIpc) is 2.39. The minimum absolute atomic E-state index is 0.0426. The van der Waals surface area contributed by atoms with Crippen molar-refractivity contribution in [1.82, 2.24) is 0 Å². The lowest BCUT2D eigenvalue weighted by Gasteiger charge is -2.11. The topological polar surface area (TPSA) is 64.3 Å². The Hall–Kier alpha value is -1.26. The molecule has 0 spiro atoms. The zero-order valence-corrected chi connectivity index (χ0v) is 12.2. The summed E-state index contributed by atoms with van der Waals surface area (Å²) < 4.78 is 5.10. The first-order chi connectivity index (χ1) is 9.06. The van der Waals surface area contributed by atoms with Crippen molar-refractivity contribution < 1.29 is 9.53 Å². The van der Waals surface area contributed by atoms with Crippen LogP contribution in [-0.4, -0.2) is 19.6 Å². The molecular weight excluding hydrogens is 264 g/mol. The van der Waals surface area contributed by atoms with E-state index in [2.05, 4.69) is 12.2 Å². The van der Waals surface area contributed by atoms with E-state index in [-0.39, 0.29) is 5.91 Å². The van der Waals surface area contributed by atoms with Gasteiger partial charge < -0.3 is 15.8 Å². The fourth-order valence-electron chi connectivity index (χ4n) is 1.75. The summed E-state index contributed by atoms with van der Waals surface area (Å²) in [5, 5.41) is 3.30. The number of amides is 1. The third kappa shape index (κ3) is 5.49. The molecule has 0 aliphatic carbocycles. The molecule has 0 saturated carbocycles. The number of anilines is 1. The van der Waals surface area contributed by atoms with Gasteiger partial charge in [0.1, 0.15) is 5.75 Å². The lowest BCUT2D eigenvalue weighted by Crippen LogP contribution is -2.14. The van der Waals surface area contributed by atoms with Crippen LogP contribution in [0.25, 0.3) is 0 Å². The van der Waals surface area contributed by atoms with Gasteiger partial charge in [0.25, 0.3) is 0 Å². The number of carbonyl (C=O) groups excluding carboxylic acids is 1. The number of hydrogen-bond acceptors (Lipinski definition) is 3. The number of halogens is 1. The van der Waals surface area contributed by atoms with Crippen molar-refractivity contribution in [3.05, 3.63) is 23.2 Å². The fourth-order valence-corrected chi connectivity index (χ4v) is 1.91. The first kappa shape index (κ1) is 15.8. The summed E-state index contributed by atoms with van der Waals surface area (Å²) in [6.45, 7) is 2.75. The molecule has 5 heteroatoms. The van der Waals surface area contributed by atoms with Crippen LogP contribution >= 0.6 is 11.6 Å². The van der Waals surface area contributed by atoms with Crippen LogP contribution in [0.3, 0.4) is 0 Å². The minimum Gasteiger partial charge on any atom is -0.497 e. The molecule has 19 heavy (non-hydrogen) atoms. The molecule has 4 nitrogen and oxygen atoms in total. The number of rotatable bonds is 7. The smallest absolute Gasteiger partial charge is 0.224 e. The lowest BCUT2D eigenvalue weighted by molar-refractivity contribution is -0.116. The molecule has 0 fully saturated rings. The Morgan fingerprint density at radius 3 is 2.84 bits per heavy atom. The van der Waals surface area contributed by atoms with E-state index in [9.17, 15) is 4.79 Å². The first-order valence-corrected chi connectivity index (χ1v) is 6.78. The highest BCUT2D eigenvalue weighted by Crippen LogP contribution is 2.26. The van der Waals surface area contributed by atoms with Crippen LogP contribution < -0.4 is 15.8 Å². The van der Waals surface area contributed by atoms with E-state index >= 15 is 0 Å². The van der Waals surface area contributed by atoms with Crippen molar-refractivity contribution in [3.63, 3.8) is 0 Å². The van der Waals surface area contributed by atoms with E-state index in [0.717, 1.165) is 12.8 Å². The molecule has 1 aromatic carbocycles. The molecule has 0 heterocycles. The number of hydrogen-bond donors (Lipinski definition) is 2. The van der Waals surface area contributed by atoms with Crippen LogP contribution in [0, 0.1) is 5.92 Å². The van der Waals surface area contributed by atoms with Gasteiger partial charge in [-0.05, 0) is 37.4 Å². The number of nitrogens with one attached hydrogen (secondary N) is 1. The van der Waals surface area contributed by atoms with Crippen LogP contribution in [0.5, 0.6) is 5.75 Å². The van der Waals surface area contributed by atoms with Crippen molar-refractivity contribution in [2.45, 2.75) is 26.2 Å². The third-order valence-corrected chi connectivity index (χ3v) is 3.30. The van der Waals surface area contributed by atoms with Gasteiger partial charge in [-0.25, -0.2) is 0 Å². The lowest BCUT2D eigenvalue weighted by atomic mass is 10.0. The second-order valence-corrected chi connectivity index (χ2v) is 5.02. The van der Waals surface area contributed by atoms with Gasteiger partial charge in [-0.3, -0.25) is 4.79 Å². The molecule has 0 saturated heterocycles. The van der Waals surface area contributed by atoms with Crippen LogP contribution in [0.4, 0.5) is 5.69 Å². The summed E-state index contributed by atoms with van der Waals surface area (Å²) in [6.07, 6.45) is 2.23. The molecule has 1 atom stereocenters. The Labute approximate surface area is 119 Å². The first-order valence-electron chi connectivity index (χ1n) is 6.40. The highest BCUT2D eigenvalue weighted by atomic mass is 35.5. The minimum atomic E-state index is -0.0426. The van der Waals surface area contributed by atoms with Gasteiger partial charge in [-0.2, -0.15) is 0 Å². The largest absolute Gasteiger partial charge is 0.497 e. The van der Waals surface area contributed by atoms with Crippen LogP contribution in [0.15, 0.2) is 18.2 Å². The zero-order chi connectivity index (χ0) is 14.3. The van der Waals surface area contributed by atoms with Crippen LogP contribution in [-0.2, 0) is 4.79 Å². The van der Waals surface area contributed by atoms with Gasteiger partial charge in [-0.15, -0.1) is 0 Å². The molecule has 0 aliphatic rings. The van der Waals surface area contributed by atoms with Gasteiger partial charge in [0, 0.05) is 12.5 Å². The second-order valence-electron chi connectivity index (χ2n) is 4.62. The van der Waals surface area contributed by atoms with Crippen LogP contribution in [0.1, 0.15) is 26.2 Å². The maximum absolute atomic E-state index is 11.8. The van der Waals surface area contributed by atoms with Crippen molar-refractivity contribution in [1.29, 1.82) is 0 Å². The number of benzene rings is 1. The third-order valence-electron chi connectivity index (χ3n) is 2.97. The molecular formula is C14H21ClN2O2. The van der Waals surface area contributed by atoms with Gasteiger partial charge in [0.15, 0.2) is 0 Å². The molecule has 0 aliphatic heterocycles. The second kappa shape index (κ2) is 8.02. The molecule has 3 N–H and O–H groups in total. The van der Waals surface area contributed by atoms with Gasteiger partial charge in [0.2, 0.25) is 5.91 Å². The predicted molar refractivity (Wildman–Crippen MR) is 78.7 cm³/mol. The summed E-state index contributed by atoms with van der Waals surface area (Å²) in [5.41, 5.74) is 6.06. The van der Waals surface area contributed by atoms with Gasteiger partial charge in [0.05, 0.1) is 17.8 Å². The molecule has 106 valence electrons. The van der Waals surface area contributed by atoms with E-state index in [1.165, 1.54) is 0 Å². The van der Waals surface area contributed by atoms with Gasteiger partial charge >= 0.3 is 0 Å². The molecule has 0 aromatic heterocycles. The molecule has 1 amide bonds. The molecule has 1 rings (SSSR count). The standard InChI is InChI=1S/C14H21ClN2O2/c1-10(7-8-16)3-6-14(18)17-13-9-11(19-2)4-5-12(13)15/h4-5,9-10H,3,6-8,16H2,1-2H3,(H,17,18). The Kier molecular flexibility index (Phi) is 6.67. The maximum Gasteiger partial charge on any atom is 0.224 e. The van der Waals surface area contributed by atoms with Crippen LogP contribution in [0.2, 0.25) is 5.02 Å². The van der Waals surface area contributed by atoms with Crippen molar-refractivity contribution in [2.75, 3.05) is 19.0 Å². The van der Waals surface area contributed by atoms with Crippen molar-refractivity contribution in [3.8, 4) is 5.75 Å². The molecule has 0 bridgehead atoms. The Morgan fingerprint density at radius 2 is 2.21 bits per heavy atom. The van der Waals surface area contributed by atoms with Gasteiger partial charge in [-0.1, -0.05) is 18.5 Å². The van der Waals surface area contributed by atoms with E-state index in [1.807, 2.05) is 0 Å². The highest BCUT2D eigenvalue weighted by molar-refractivity contribution is 6.33. The number of methoxy groups -OCH3 is 1. The number of nitrogens with two attached hydrogens (primary N) is 1. The summed E-state index contributed by atoms with van der Waals surface area (Å²) in [6, 6.07) is 5.16. The average molecular weight is 285 g/mol. The molecule has 1 unspecified atom stereocenters. The van der Waals surface area contributed by atoms with Crippen molar-refractivity contribution in [2.24, 2.45) is 11.7 Å². The summed E-state index contributed by atoms with van der Waals surface area (Å²) >= 11 is 6.02. The number of ether oxygens (including phenoxy) is 1. The Morgan fingerprint density at radius 1 is 1.47 bits per heavy atom. The summed E-state index contributed by atoms with van der Waals surface area (Å²) in [4.78, 5) is 11.8. The quantitative estimate of drug-likeness (QED) is 0.809.